The fraction of sp³-hybridized carbons (Fsp3) is 0.516. The van der Waals surface area contributed by atoms with Gasteiger partial charge in [0.15, 0.2) is 0 Å². The summed E-state index contributed by atoms with van der Waals surface area (Å²) in [7, 11) is 1.72. The first-order valence-corrected chi connectivity index (χ1v) is 14.5. The number of benzene rings is 2. The molecule has 0 saturated carbocycles. The topological polar surface area (TPSA) is 85.7 Å². The number of halogens is 1. The standard InChI is InChI=1S/C31H41ClN4O4/c1-31(2,3)40-30(38)33-25(19-22-12-14-24(32)15-13-22)20-28(37)35-16-7-9-23(21-35)29-34-26-10-5-6-11-27(26)36(29)17-8-18-39-4/h5-6,10-15,23,25H,7-9,16-21H2,1-4H3,(H,33,38). The number of aromatic nitrogens is 2. The molecule has 2 aromatic carbocycles. The summed E-state index contributed by atoms with van der Waals surface area (Å²) in [5.74, 6) is 1.18. The molecule has 40 heavy (non-hydrogen) atoms. The first-order valence-electron chi connectivity index (χ1n) is 14.1. The molecule has 3 aromatic rings. The Morgan fingerprint density at radius 2 is 1.90 bits per heavy atom. The summed E-state index contributed by atoms with van der Waals surface area (Å²) in [6, 6.07) is 15.2. The molecule has 216 valence electrons. The van der Waals surface area contributed by atoms with Crippen LogP contribution in [-0.4, -0.2) is 64.9 Å². The number of ether oxygens (including phenoxy) is 2. The van der Waals surface area contributed by atoms with Crippen molar-refractivity contribution in [2.45, 2.75) is 77.0 Å². The normalized spacial score (nSPS) is 16.6. The van der Waals surface area contributed by atoms with Crippen molar-refractivity contribution in [1.82, 2.24) is 19.8 Å². The van der Waals surface area contributed by atoms with E-state index >= 15 is 0 Å². The molecule has 0 bridgehead atoms. The molecule has 9 heteroatoms. The van der Waals surface area contributed by atoms with Crippen LogP contribution in [0.2, 0.25) is 5.02 Å². The number of imidazole rings is 1. The van der Waals surface area contributed by atoms with Crippen molar-refractivity contribution in [2.24, 2.45) is 0 Å². The molecule has 4 rings (SSSR count). The number of fused-ring (bicyclic) bond motifs is 1. The van der Waals surface area contributed by atoms with Crippen molar-refractivity contribution in [1.29, 1.82) is 0 Å². The van der Waals surface area contributed by atoms with Gasteiger partial charge < -0.3 is 24.3 Å². The molecule has 2 heterocycles. The van der Waals surface area contributed by atoms with Crippen LogP contribution < -0.4 is 5.32 Å². The van der Waals surface area contributed by atoms with E-state index in [0.29, 0.717) is 31.1 Å². The van der Waals surface area contributed by atoms with Gasteiger partial charge in [-0.05, 0) is 76.3 Å². The maximum atomic E-state index is 13.6. The van der Waals surface area contributed by atoms with Crippen molar-refractivity contribution in [2.75, 3.05) is 26.8 Å². The van der Waals surface area contributed by atoms with Crippen LogP contribution in [-0.2, 0) is 27.2 Å². The van der Waals surface area contributed by atoms with Gasteiger partial charge >= 0.3 is 6.09 Å². The Morgan fingerprint density at radius 3 is 2.62 bits per heavy atom. The van der Waals surface area contributed by atoms with Crippen molar-refractivity contribution in [3.8, 4) is 0 Å². The first kappa shape index (κ1) is 29.9. The van der Waals surface area contributed by atoms with Gasteiger partial charge in [0, 0.05) is 56.8 Å². The third kappa shape index (κ3) is 8.21. The van der Waals surface area contributed by atoms with Crippen molar-refractivity contribution in [3.05, 3.63) is 64.9 Å². The second kappa shape index (κ2) is 13.5. The minimum Gasteiger partial charge on any atom is -0.444 e. The third-order valence-corrected chi connectivity index (χ3v) is 7.34. The van der Waals surface area contributed by atoms with Crippen LogP contribution in [0.15, 0.2) is 48.5 Å². The molecule has 0 radical (unpaired) electrons. The minimum atomic E-state index is -0.631. The lowest BCUT2D eigenvalue weighted by molar-refractivity contribution is -0.132. The van der Waals surface area contributed by atoms with Crippen LogP contribution in [0.1, 0.15) is 63.8 Å². The maximum absolute atomic E-state index is 13.6. The van der Waals surface area contributed by atoms with E-state index in [-0.39, 0.29) is 18.2 Å². The Bertz CT molecular complexity index is 1280. The van der Waals surface area contributed by atoms with Crippen LogP contribution in [0.5, 0.6) is 0 Å². The average molecular weight is 569 g/mol. The summed E-state index contributed by atoms with van der Waals surface area (Å²) >= 11 is 6.06. The zero-order chi connectivity index (χ0) is 28.7. The highest BCUT2D eigenvalue weighted by molar-refractivity contribution is 6.30. The Balaban J connectivity index is 1.49. The predicted molar refractivity (Wildman–Crippen MR) is 158 cm³/mol. The number of amides is 2. The number of nitrogens with one attached hydrogen (secondary N) is 1. The highest BCUT2D eigenvalue weighted by Crippen LogP contribution is 2.30. The van der Waals surface area contributed by atoms with Crippen LogP contribution in [0.3, 0.4) is 0 Å². The van der Waals surface area contributed by atoms with Gasteiger partial charge in [0.1, 0.15) is 11.4 Å². The molecular formula is C31H41ClN4O4. The number of carbonyl (C=O) groups excluding carboxylic acids is 2. The lowest BCUT2D eigenvalue weighted by Gasteiger charge is -2.34. The van der Waals surface area contributed by atoms with E-state index in [9.17, 15) is 9.59 Å². The van der Waals surface area contributed by atoms with Gasteiger partial charge in [-0.25, -0.2) is 9.78 Å². The van der Waals surface area contributed by atoms with E-state index < -0.39 is 17.7 Å². The third-order valence-electron chi connectivity index (χ3n) is 7.09. The van der Waals surface area contributed by atoms with Gasteiger partial charge in [-0.1, -0.05) is 35.9 Å². The number of alkyl carbamates (subject to hydrolysis) is 1. The Labute approximate surface area is 242 Å². The molecule has 1 aromatic heterocycles. The van der Waals surface area contributed by atoms with Crippen LogP contribution in [0.4, 0.5) is 4.79 Å². The molecule has 2 atom stereocenters. The number of para-hydroxylation sites is 2. The quantitative estimate of drug-likeness (QED) is 0.305. The number of piperidine rings is 1. The highest BCUT2D eigenvalue weighted by atomic mass is 35.5. The molecule has 0 aliphatic carbocycles. The van der Waals surface area contributed by atoms with Crippen LogP contribution in [0.25, 0.3) is 11.0 Å². The summed E-state index contributed by atoms with van der Waals surface area (Å²) in [6.07, 6.45) is 2.91. The molecule has 1 saturated heterocycles. The second-order valence-corrected chi connectivity index (χ2v) is 11.9. The van der Waals surface area contributed by atoms with E-state index in [0.717, 1.165) is 48.2 Å². The fourth-order valence-corrected chi connectivity index (χ4v) is 5.44. The summed E-state index contributed by atoms with van der Waals surface area (Å²) in [6.45, 7) is 8.26. The van der Waals surface area contributed by atoms with Crippen molar-refractivity contribution in [3.63, 3.8) is 0 Å². The second-order valence-electron chi connectivity index (χ2n) is 11.5. The molecule has 2 unspecified atom stereocenters. The van der Waals surface area contributed by atoms with E-state index in [2.05, 4.69) is 16.0 Å². The van der Waals surface area contributed by atoms with Crippen LogP contribution in [0, 0.1) is 0 Å². The summed E-state index contributed by atoms with van der Waals surface area (Å²) in [4.78, 5) is 33.2. The van der Waals surface area contributed by atoms with Crippen molar-refractivity contribution >= 4 is 34.6 Å². The van der Waals surface area contributed by atoms with Gasteiger partial charge in [0.05, 0.1) is 11.0 Å². The SMILES string of the molecule is COCCCn1c(C2CCCN(C(=O)CC(Cc3ccc(Cl)cc3)NC(=O)OC(C)(C)C)C2)nc2ccccc21. The van der Waals surface area contributed by atoms with Crippen LogP contribution >= 0.6 is 11.6 Å². The van der Waals surface area contributed by atoms with Gasteiger partial charge in [-0.2, -0.15) is 0 Å². The Kier molecular flexibility index (Phi) is 10.1. The maximum Gasteiger partial charge on any atom is 0.407 e. The number of hydrogen-bond donors (Lipinski definition) is 1. The summed E-state index contributed by atoms with van der Waals surface area (Å²) < 4.78 is 13.1. The van der Waals surface area contributed by atoms with Crippen molar-refractivity contribution < 1.29 is 19.1 Å². The highest BCUT2D eigenvalue weighted by Gasteiger charge is 2.30. The van der Waals surface area contributed by atoms with E-state index in [1.807, 2.05) is 68.1 Å². The number of methoxy groups -OCH3 is 1. The molecule has 8 nitrogen and oxygen atoms in total. The Hall–Kier alpha value is -3.10. The number of carbonyl (C=O) groups is 2. The molecule has 1 aliphatic rings. The number of rotatable bonds is 10. The lowest BCUT2D eigenvalue weighted by atomic mass is 9.95. The van der Waals surface area contributed by atoms with Gasteiger partial charge in [0.2, 0.25) is 5.91 Å². The number of likely N-dealkylation sites (tertiary alicyclic amines) is 1. The fourth-order valence-electron chi connectivity index (χ4n) is 5.32. The molecule has 1 aliphatic heterocycles. The van der Waals surface area contributed by atoms with Gasteiger partial charge in [-0.3, -0.25) is 4.79 Å². The monoisotopic (exact) mass is 568 g/mol. The Morgan fingerprint density at radius 1 is 1.15 bits per heavy atom. The molecule has 1 fully saturated rings. The average Bonchev–Trinajstić information content (AvgIpc) is 3.28. The van der Waals surface area contributed by atoms with E-state index in [1.165, 1.54) is 0 Å². The predicted octanol–water partition coefficient (Wildman–Crippen LogP) is 5.96. The zero-order valence-corrected chi connectivity index (χ0v) is 24.7. The summed E-state index contributed by atoms with van der Waals surface area (Å²) in [5, 5.41) is 3.58. The smallest absolute Gasteiger partial charge is 0.407 e. The molecule has 1 N–H and O–H groups in total. The molecule has 2 amide bonds. The lowest BCUT2D eigenvalue weighted by Crippen LogP contribution is -2.46. The van der Waals surface area contributed by atoms with E-state index in [1.54, 1.807) is 7.11 Å². The van der Waals surface area contributed by atoms with E-state index in [4.69, 9.17) is 26.1 Å². The van der Waals surface area contributed by atoms with Gasteiger partial charge in [0.25, 0.3) is 0 Å². The number of hydrogen-bond acceptors (Lipinski definition) is 5. The first-order chi connectivity index (χ1) is 19.1. The molecule has 0 spiro atoms. The number of aryl methyl sites for hydroxylation is 1. The zero-order valence-electron chi connectivity index (χ0n) is 24.0. The van der Waals surface area contributed by atoms with Gasteiger partial charge in [-0.15, -0.1) is 0 Å². The largest absolute Gasteiger partial charge is 0.444 e. The summed E-state index contributed by atoms with van der Waals surface area (Å²) in [5.41, 5.74) is 2.44. The molecular weight excluding hydrogens is 528 g/mol. The minimum absolute atomic E-state index is 0.0155. The number of nitrogens with zero attached hydrogens (tertiary/aromatic N) is 3.